The Morgan fingerprint density at radius 1 is 1.26 bits per heavy atom. The highest BCUT2D eigenvalue weighted by Crippen LogP contribution is 2.18. The Bertz CT molecular complexity index is 686. The van der Waals surface area contributed by atoms with Gasteiger partial charge in [0.05, 0.1) is 12.1 Å². The van der Waals surface area contributed by atoms with E-state index < -0.39 is 0 Å². The third-order valence-electron chi connectivity index (χ3n) is 4.08. The standard InChI is InChI=1S/C19H27N3O/c1-6-16-9-7-8-10-18(16)20-19(23)11-17-14(4)21-22(15(17)5)12-13(2)3/h7-10,13H,6,11-12H2,1-5H3,(H,20,23). The molecule has 1 amide bonds. The fourth-order valence-electron chi connectivity index (χ4n) is 2.82. The minimum atomic E-state index is 0.0150. The lowest BCUT2D eigenvalue weighted by Crippen LogP contribution is -2.16. The third kappa shape index (κ3) is 4.21. The molecule has 1 aromatic heterocycles. The average molecular weight is 313 g/mol. The molecule has 0 unspecified atom stereocenters. The number of anilines is 1. The van der Waals surface area contributed by atoms with Gasteiger partial charge in [-0.2, -0.15) is 5.10 Å². The molecular weight excluding hydrogens is 286 g/mol. The fourth-order valence-corrected chi connectivity index (χ4v) is 2.82. The van der Waals surface area contributed by atoms with E-state index in [0.717, 1.165) is 41.2 Å². The number of carbonyl (C=O) groups is 1. The van der Waals surface area contributed by atoms with Crippen molar-refractivity contribution in [1.82, 2.24) is 9.78 Å². The van der Waals surface area contributed by atoms with Crippen molar-refractivity contribution >= 4 is 11.6 Å². The van der Waals surface area contributed by atoms with Gasteiger partial charge in [-0.3, -0.25) is 9.48 Å². The number of hydrogen-bond acceptors (Lipinski definition) is 2. The highest BCUT2D eigenvalue weighted by Gasteiger charge is 2.16. The van der Waals surface area contributed by atoms with Crippen molar-refractivity contribution in [2.45, 2.75) is 54.0 Å². The van der Waals surface area contributed by atoms with E-state index in [-0.39, 0.29) is 5.91 Å². The van der Waals surface area contributed by atoms with Crippen LogP contribution in [0, 0.1) is 19.8 Å². The van der Waals surface area contributed by atoms with E-state index >= 15 is 0 Å². The Hall–Kier alpha value is -2.10. The Morgan fingerprint density at radius 2 is 1.96 bits per heavy atom. The molecule has 0 fully saturated rings. The SMILES string of the molecule is CCc1ccccc1NC(=O)Cc1c(C)nn(CC(C)C)c1C. The van der Waals surface area contributed by atoms with Crippen molar-refractivity contribution in [1.29, 1.82) is 0 Å². The van der Waals surface area contributed by atoms with Crippen LogP contribution in [0.15, 0.2) is 24.3 Å². The smallest absolute Gasteiger partial charge is 0.228 e. The maximum atomic E-state index is 12.4. The molecule has 0 aliphatic carbocycles. The summed E-state index contributed by atoms with van der Waals surface area (Å²) >= 11 is 0. The molecule has 0 bridgehead atoms. The maximum Gasteiger partial charge on any atom is 0.228 e. The average Bonchev–Trinajstić information content (AvgIpc) is 2.74. The minimum absolute atomic E-state index is 0.0150. The first-order valence-electron chi connectivity index (χ1n) is 8.33. The first-order chi connectivity index (χ1) is 10.9. The van der Waals surface area contributed by atoms with Gasteiger partial charge in [-0.15, -0.1) is 0 Å². The quantitative estimate of drug-likeness (QED) is 0.879. The highest BCUT2D eigenvalue weighted by molar-refractivity contribution is 5.93. The highest BCUT2D eigenvalue weighted by atomic mass is 16.1. The first-order valence-corrected chi connectivity index (χ1v) is 8.33. The van der Waals surface area contributed by atoms with Gasteiger partial charge in [-0.1, -0.05) is 39.0 Å². The molecule has 1 aromatic carbocycles. The van der Waals surface area contributed by atoms with Gasteiger partial charge in [0, 0.05) is 23.5 Å². The summed E-state index contributed by atoms with van der Waals surface area (Å²) in [5.41, 5.74) is 5.14. The van der Waals surface area contributed by atoms with Crippen molar-refractivity contribution in [3.8, 4) is 0 Å². The van der Waals surface area contributed by atoms with Crippen LogP contribution in [-0.4, -0.2) is 15.7 Å². The summed E-state index contributed by atoms with van der Waals surface area (Å²) in [7, 11) is 0. The molecule has 2 rings (SSSR count). The summed E-state index contributed by atoms with van der Waals surface area (Å²) < 4.78 is 2.02. The number of carbonyl (C=O) groups excluding carboxylic acids is 1. The molecule has 0 saturated carbocycles. The molecule has 1 N–H and O–H groups in total. The second-order valence-corrected chi connectivity index (χ2v) is 6.46. The maximum absolute atomic E-state index is 12.4. The van der Waals surface area contributed by atoms with E-state index in [0.29, 0.717) is 12.3 Å². The number of nitrogens with zero attached hydrogens (tertiary/aromatic N) is 2. The van der Waals surface area contributed by atoms with Crippen LogP contribution in [0.2, 0.25) is 0 Å². The molecule has 0 aliphatic rings. The number of benzene rings is 1. The van der Waals surface area contributed by atoms with Gasteiger partial charge in [0.2, 0.25) is 5.91 Å². The number of rotatable bonds is 6. The van der Waals surface area contributed by atoms with Crippen LogP contribution >= 0.6 is 0 Å². The van der Waals surface area contributed by atoms with E-state index in [1.165, 1.54) is 0 Å². The second kappa shape index (κ2) is 7.44. The van der Waals surface area contributed by atoms with Crippen molar-refractivity contribution in [3.63, 3.8) is 0 Å². The topological polar surface area (TPSA) is 46.9 Å². The van der Waals surface area contributed by atoms with Gasteiger partial charge in [-0.25, -0.2) is 0 Å². The number of nitrogens with one attached hydrogen (secondary N) is 1. The Kier molecular flexibility index (Phi) is 5.59. The lowest BCUT2D eigenvalue weighted by atomic mass is 10.1. The second-order valence-electron chi connectivity index (χ2n) is 6.46. The fraction of sp³-hybridized carbons (Fsp3) is 0.474. The molecule has 0 aliphatic heterocycles. The molecule has 23 heavy (non-hydrogen) atoms. The minimum Gasteiger partial charge on any atom is -0.326 e. The van der Waals surface area contributed by atoms with E-state index in [1.807, 2.05) is 42.8 Å². The number of aromatic nitrogens is 2. The van der Waals surface area contributed by atoms with Crippen molar-refractivity contribution in [3.05, 3.63) is 46.8 Å². The third-order valence-corrected chi connectivity index (χ3v) is 4.08. The van der Waals surface area contributed by atoms with E-state index in [9.17, 15) is 4.79 Å². The molecule has 2 aromatic rings. The van der Waals surface area contributed by atoms with E-state index in [4.69, 9.17) is 0 Å². The molecule has 4 nitrogen and oxygen atoms in total. The number of para-hydroxylation sites is 1. The zero-order valence-electron chi connectivity index (χ0n) is 14.8. The molecule has 124 valence electrons. The number of amides is 1. The van der Waals surface area contributed by atoms with Gasteiger partial charge in [0.15, 0.2) is 0 Å². The number of aryl methyl sites for hydroxylation is 2. The normalized spacial score (nSPS) is 11.0. The molecule has 0 saturated heterocycles. The molecule has 0 atom stereocenters. The summed E-state index contributed by atoms with van der Waals surface area (Å²) in [6.07, 6.45) is 1.27. The summed E-state index contributed by atoms with van der Waals surface area (Å²) in [4.78, 5) is 12.4. The van der Waals surface area contributed by atoms with Crippen molar-refractivity contribution in [2.24, 2.45) is 5.92 Å². The van der Waals surface area contributed by atoms with Gasteiger partial charge < -0.3 is 5.32 Å². The molecular formula is C19H27N3O. The largest absolute Gasteiger partial charge is 0.326 e. The van der Waals surface area contributed by atoms with E-state index in [1.54, 1.807) is 0 Å². The summed E-state index contributed by atoms with van der Waals surface area (Å²) in [5.74, 6) is 0.548. The van der Waals surface area contributed by atoms with Gasteiger partial charge >= 0.3 is 0 Å². The summed E-state index contributed by atoms with van der Waals surface area (Å²) in [5, 5.41) is 7.62. The lowest BCUT2D eigenvalue weighted by molar-refractivity contribution is -0.115. The van der Waals surface area contributed by atoms with E-state index in [2.05, 4.69) is 31.2 Å². The van der Waals surface area contributed by atoms with Crippen molar-refractivity contribution < 1.29 is 4.79 Å². The summed E-state index contributed by atoms with van der Waals surface area (Å²) in [6, 6.07) is 7.95. The van der Waals surface area contributed by atoms with Gasteiger partial charge in [-0.05, 0) is 37.8 Å². The van der Waals surface area contributed by atoms with Crippen LogP contribution in [0.1, 0.15) is 43.3 Å². The predicted molar refractivity (Wildman–Crippen MR) is 94.7 cm³/mol. The van der Waals surface area contributed by atoms with Crippen LogP contribution < -0.4 is 5.32 Å². The Morgan fingerprint density at radius 3 is 2.61 bits per heavy atom. The monoisotopic (exact) mass is 313 g/mol. The summed E-state index contributed by atoms with van der Waals surface area (Å²) in [6.45, 7) is 11.3. The van der Waals surface area contributed by atoms with Crippen LogP contribution in [0.4, 0.5) is 5.69 Å². The molecule has 4 heteroatoms. The first kappa shape index (κ1) is 17.3. The van der Waals surface area contributed by atoms with Crippen LogP contribution in [-0.2, 0) is 24.2 Å². The van der Waals surface area contributed by atoms with Crippen LogP contribution in [0.5, 0.6) is 0 Å². The lowest BCUT2D eigenvalue weighted by Gasteiger charge is -2.10. The van der Waals surface area contributed by atoms with Crippen LogP contribution in [0.3, 0.4) is 0 Å². The number of hydrogen-bond donors (Lipinski definition) is 1. The van der Waals surface area contributed by atoms with Gasteiger partial charge in [0.25, 0.3) is 0 Å². The molecule has 0 spiro atoms. The predicted octanol–water partition coefficient (Wildman–Crippen LogP) is 3.90. The zero-order chi connectivity index (χ0) is 17.0. The molecule has 0 radical (unpaired) electrons. The molecule has 1 heterocycles. The Labute approximate surface area is 138 Å². The van der Waals surface area contributed by atoms with Crippen molar-refractivity contribution in [2.75, 3.05) is 5.32 Å². The zero-order valence-corrected chi connectivity index (χ0v) is 14.8. The Balaban J connectivity index is 2.13. The van der Waals surface area contributed by atoms with Gasteiger partial charge in [0.1, 0.15) is 0 Å². The van der Waals surface area contributed by atoms with Crippen LogP contribution in [0.25, 0.3) is 0 Å².